The average Bonchev–Trinajstić information content (AvgIpc) is 3.58. The summed E-state index contributed by atoms with van der Waals surface area (Å²) in [6, 6.07) is 38.3. The molecule has 2 aromatic heterocycles. The van der Waals surface area contributed by atoms with Gasteiger partial charge in [0.25, 0.3) is 0 Å². The van der Waals surface area contributed by atoms with Crippen molar-refractivity contribution in [3.63, 3.8) is 0 Å². The number of carbonyl (C=O) groups is 1. The molecule has 0 bridgehead atoms. The second-order valence-electron chi connectivity index (χ2n) is 9.34. The Kier molecular flexibility index (Phi) is 3.84. The van der Waals surface area contributed by atoms with Crippen LogP contribution in [-0.2, 0) is 11.3 Å². The molecule has 36 heavy (non-hydrogen) atoms. The van der Waals surface area contributed by atoms with E-state index in [0.717, 1.165) is 28.0 Å². The molecule has 0 amide bonds. The van der Waals surface area contributed by atoms with Gasteiger partial charge in [-0.05, 0) is 48.5 Å². The van der Waals surface area contributed by atoms with Crippen LogP contribution in [0.25, 0.3) is 55.0 Å². The van der Waals surface area contributed by atoms with Gasteiger partial charge in [0.15, 0.2) is 0 Å². The van der Waals surface area contributed by atoms with Crippen molar-refractivity contribution in [3.05, 3.63) is 120 Å². The zero-order valence-corrected chi connectivity index (χ0v) is 19.3. The smallest absolute Gasteiger partial charge is 0.338 e. The molecule has 170 valence electrons. The van der Waals surface area contributed by atoms with E-state index in [-0.39, 0.29) is 5.97 Å². The van der Waals surface area contributed by atoms with Gasteiger partial charge in [-0.25, -0.2) is 4.79 Å². The number of para-hydroxylation sites is 3. The number of ether oxygens (including phenoxy) is 1. The van der Waals surface area contributed by atoms with E-state index < -0.39 is 0 Å². The third-order valence-corrected chi connectivity index (χ3v) is 7.42. The molecule has 0 unspecified atom stereocenters. The van der Waals surface area contributed by atoms with Crippen LogP contribution in [0, 0.1) is 0 Å². The molecule has 7 aromatic rings. The number of carbonyl (C=O) groups excluding carboxylic acids is 1. The van der Waals surface area contributed by atoms with Crippen LogP contribution >= 0.6 is 0 Å². The Labute approximate surface area is 206 Å². The number of nitrogens with zero attached hydrogens (tertiary/aromatic N) is 2. The van der Waals surface area contributed by atoms with Gasteiger partial charge in [-0.3, -0.25) is 0 Å². The minimum Gasteiger partial charge on any atom is -0.457 e. The van der Waals surface area contributed by atoms with Crippen molar-refractivity contribution >= 4 is 49.6 Å². The van der Waals surface area contributed by atoms with Crippen molar-refractivity contribution in [2.75, 3.05) is 0 Å². The van der Waals surface area contributed by atoms with E-state index in [9.17, 15) is 4.79 Å². The topological polar surface area (TPSA) is 36.2 Å². The molecule has 1 aliphatic rings. The van der Waals surface area contributed by atoms with Gasteiger partial charge >= 0.3 is 5.97 Å². The van der Waals surface area contributed by atoms with E-state index >= 15 is 0 Å². The van der Waals surface area contributed by atoms with Crippen molar-refractivity contribution in [1.29, 1.82) is 0 Å². The zero-order valence-electron chi connectivity index (χ0n) is 19.3. The van der Waals surface area contributed by atoms with Crippen LogP contribution in [0.3, 0.4) is 0 Å². The van der Waals surface area contributed by atoms with Crippen molar-refractivity contribution in [2.45, 2.75) is 6.61 Å². The second kappa shape index (κ2) is 7.09. The summed E-state index contributed by atoms with van der Waals surface area (Å²) in [4.78, 5) is 12.3. The van der Waals surface area contributed by atoms with Crippen LogP contribution in [0.1, 0.15) is 15.9 Å². The Morgan fingerprint density at radius 1 is 0.528 bits per heavy atom. The maximum absolute atomic E-state index is 12.3. The van der Waals surface area contributed by atoms with Crippen molar-refractivity contribution in [2.24, 2.45) is 0 Å². The number of rotatable bonds is 2. The summed E-state index contributed by atoms with van der Waals surface area (Å²) in [5.74, 6) is -0.249. The predicted octanol–water partition coefficient (Wildman–Crippen LogP) is 7.55. The molecule has 0 saturated heterocycles. The van der Waals surface area contributed by atoms with E-state index in [2.05, 4.69) is 106 Å². The normalized spacial score (nSPS) is 13.2. The first kappa shape index (κ1) is 19.5. The standard InChI is InChI=1S/C32H20N2O2/c35-32-26-17-21(14-13-20(26)19-36-32)34-30-12-6-3-9-25(30)27-18-22(15-16-31(27)34)33-28-10-4-1-7-23(28)24-8-2-5-11-29(24)33/h1-18H,19H2. The molecule has 4 heteroatoms. The van der Waals surface area contributed by atoms with Gasteiger partial charge in [-0.2, -0.15) is 0 Å². The lowest BCUT2D eigenvalue weighted by Gasteiger charge is -2.11. The van der Waals surface area contributed by atoms with Gasteiger partial charge < -0.3 is 13.9 Å². The van der Waals surface area contributed by atoms with Gasteiger partial charge in [0.1, 0.15) is 6.61 Å². The summed E-state index contributed by atoms with van der Waals surface area (Å²) >= 11 is 0. The lowest BCUT2D eigenvalue weighted by Crippen LogP contribution is -1.99. The van der Waals surface area contributed by atoms with E-state index in [0.29, 0.717) is 12.2 Å². The van der Waals surface area contributed by atoms with Gasteiger partial charge in [0.05, 0.1) is 27.6 Å². The summed E-state index contributed by atoms with van der Waals surface area (Å²) in [5, 5.41) is 4.85. The maximum Gasteiger partial charge on any atom is 0.338 e. The predicted molar refractivity (Wildman–Crippen MR) is 144 cm³/mol. The molecule has 0 fully saturated rings. The molecule has 4 nitrogen and oxygen atoms in total. The molecule has 0 spiro atoms. The summed E-state index contributed by atoms with van der Waals surface area (Å²) < 4.78 is 9.84. The average molecular weight is 465 g/mol. The largest absolute Gasteiger partial charge is 0.457 e. The van der Waals surface area contributed by atoms with Crippen molar-refractivity contribution in [1.82, 2.24) is 9.13 Å². The van der Waals surface area contributed by atoms with Crippen molar-refractivity contribution < 1.29 is 9.53 Å². The minimum atomic E-state index is -0.249. The number of fused-ring (bicyclic) bond motifs is 7. The van der Waals surface area contributed by atoms with E-state index in [4.69, 9.17) is 4.74 Å². The van der Waals surface area contributed by atoms with Crippen LogP contribution in [0.4, 0.5) is 0 Å². The summed E-state index contributed by atoms with van der Waals surface area (Å²) in [6.45, 7) is 0.351. The first-order valence-corrected chi connectivity index (χ1v) is 12.1. The monoisotopic (exact) mass is 464 g/mol. The number of hydrogen-bond acceptors (Lipinski definition) is 2. The maximum atomic E-state index is 12.3. The third-order valence-electron chi connectivity index (χ3n) is 7.42. The lowest BCUT2D eigenvalue weighted by atomic mass is 10.1. The fourth-order valence-corrected chi connectivity index (χ4v) is 5.82. The van der Waals surface area contributed by atoms with E-state index in [1.165, 1.54) is 32.6 Å². The quantitative estimate of drug-likeness (QED) is 0.248. The zero-order chi connectivity index (χ0) is 23.8. The first-order valence-electron chi connectivity index (χ1n) is 12.1. The summed E-state index contributed by atoms with van der Waals surface area (Å²) in [6.07, 6.45) is 0. The Morgan fingerprint density at radius 3 is 1.67 bits per heavy atom. The van der Waals surface area contributed by atoms with Gasteiger partial charge in [0, 0.05) is 38.5 Å². The SMILES string of the molecule is O=C1OCc2ccc(-n3c4ccccc4c4cc(-n5c6ccccc6c6ccccc65)ccc43)cc21. The molecule has 5 aromatic carbocycles. The highest BCUT2D eigenvalue weighted by molar-refractivity contribution is 6.12. The number of aromatic nitrogens is 2. The molecule has 0 N–H and O–H groups in total. The van der Waals surface area contributed by atoms with Crippen molar-refractivity contribution in [3.8, 4) is 11.4 Å². The second-order valence-corrected chi connectivity index (χ2v) is 9.34. The highest BCUT2D eigenvalue weighted by Gasteiger charge is 2.23. The molecule has 0 atom stereocenters. The lowest BCUT2D eigenvalue weighted by molar-refractivity contribution is 0.0535. The number of hydrogen-bond donors (Lipinski definition) is 0. The van der Waals surface area contributed by atoms with Crippen LogP contribution in [0.5, 0.6) is 0 Å². The molecule has 0 aliphatic carbocycles. The highest BCUT2D eigenvalue weighted by Crippen LogP contribution is 2.37. The molecule has 3 heterocycles. The minimum absolute atomic E-state index is 0.249. The fourth-order valence-electron chi connectivity index (χ4n) is 5.82. The molecular formula is C32H20N2O2. The Bertz CT molecular complexity index is 1970. The molecule has 1 aliphatic heterocycles. The van der Waals surface area contributed by atoms with Crippen LogP contribution in [0.15, 0.2) is 109 Å². The van der Waals surface area contributed by atoms with Gasteiger partial charge in [0.2, 0.25) is 0 Å². The first-order chi connectivity index (χ1) is 17.8. The Morgan fingerprint density at radius 2 is 1.03 bits per heavy atom. The van der Waals surface area contributed by atoms with E-state index in [1.54, 1.807) is 0 Å². The summed E-state index contributed by atoms with van der Waals surface area (Å²) in [7, 11) is 0. The number of esters is 1. The van der Waals surface area contributed by atoms with Gasteiger partial charge in [-0.1, -0.05) is 60.7 Å². The Balaban J connectivity index is 1.43. The van der Waals surface area contributed by atoms with Gasteiger partial charge in [-0.15, -0.1) is 0 Å². The van der Waals surface area contributed by atoms with Crippen LogP contribution in [0.2, 0.25) is 0 Å². The molecular weight excluding hydrogens is 444 g/mol. The fraction of sp³-hybridized carbons (Fsp3) is 0.0312. The van der Waals surface area contributed by atoms with Crippen LogP contribution in [-0.4, -0.2) is 15.1 Å². The molecule has 0 radical (unpaired) electrons. The third kappa shape index (κ3) is 2.56. The molecule has 8 rings (SSSR count). The molecule has 0 saturated carbocycles. The van der Waals surface area contributed by atoms with Crippen LogP contribution < -0.4 is 0 Å². The highest BCUT2D eigenvalue weighted by atomic mass is 16.5. The van der Waals surface area contributed by atoms with E-state index in [1.807, 2.05) is 12.1 Å². The number of benzene rings is 5. The Hall–Kier alpha value is -4.83. The summed E-state index contributed by atoms with van der Waals surface area (Å²) in [5.41, 5.74) is 8.28. The number of cyclic esters (lactones) is 1.